The van der Waals surface area contributed by atoms with E-state index in [1.54, 1.807) is 0 Å². The molecule has 1 heterocycles. The van der Waals surface area contributed by atoms with Crippen molar-refractivity contribution < 1.29 is 9.53 Å². The number of hydrogen-bond donors (Lipinski definition) is 2. The summed E-state index contributed by atoms with van der Waals surface area (Å²) in [7, 11) is 0. The molecule has 2 N–H and O–H groups in total. The molecule has 6 heteroatoms. The van der Waals surface area contributed by atoms with E-state index in [9.17, 15) is 4.79 Å². The van der Waals surface area contributed by atoms with E-state index in [2.05, 4.69) is 10.6 Å². The van der Waals surface area contributed by atoms with Crippen LogP contribution < -0.4 is 15.4 Å². The third-order valence-electron chi connectivity index (χ3n) is 4.99. The van der Waals surface area contributed by atoms with Gasteiger partial charge >= 0.3 is 0 Å². The molecule has 0 aliphatic carbocycles. The van der Waals surface area contributed by atoms with E-state index in [4.69, 9.17) is 17.0 Å². The number of carbonyl (C=O) groups is 1. The first-order valence-electron chi connectivity index (χ1n) is 9.87. The molecule has 1 aliphatic rings. The van der Waals surface area contributed by atoms with Gasteiger partial charge in [-0.15, -0.1) is 0 Å². The number of allylic oxidation sites excluding steroid dienone is 1. The third-order valence-corrected chi connectivity index (χ3v) is 5.21. The first kappa shape index (κ1) is 20.9. The molecule has 0 saturated heterocycles. The molecule has 1 unspecified atom stereocenters. The topological polar surface area (TPSA) is 53.6 Å². The van der Waals surface area contributed by atoms with E-state index in [0.717, 1.165) is 22.6 Å². The second kappa shape index (κ2) is 9.56. The van der Waals surface area contributed by atoms with Crippen molar-refractivity contribution in [1.29, 1.82) is 0 Å². The summed E-state index contributed by atoms with van der Waals surface area (Å²) in [6.45, 7) is 7.67. The van der Waals surface area contributed by atoms with Crippen LogP contribution in [0, 0.1) is 0 Å². The second-order valence-electron chi connectivity index (χ2n) is 6.89. The molecule has 1 atom stereocenters. The Morgan fingerprint density at radius 3 is 2.52 bits per heavy atom. The number of benzene rings is 2. The SMILES string of the molecule is CCN(CC)C(=O)C1=C(C)NC(=S)NC1c1cccc(OCc2ccccc2)c1. The van der Waals surface area contributed by atoms with Crippen LogP contribution in [-0.4, -0.2) is 29.0 Å². The van der Waals surface area contributed by atoms with Gasteiger partial charge in [-0.05, 0) is 56.2 Å². The molecular formula is C23H27N3O2S. The Morgan fingerprint density at radius 2 is 1.83 bits per heavy atom. The van der Waals surface area contributed by atoms with Gasteiger partial charge in [-0.3, -0.25) is 4.79 Å². The summed E-state index contributed by atoms with van der Waals surface area (Å²) in [6.07, 6.45) is 0. The molecule has 5 nitrogen and oxygen atoms in total. The zero-order valence-corrected chi connectivity index (χ0v) is 17.9. The number of nitrogens with zero attached hydrogens (tertiary/aromatic N) is 1. The van der Waals surface area contributed by atoms with Crippen molar-refractivity contribution in [1.82, 2.24) is 15.5 Å². The van der Waals surface area contributed by atoms with Gasteiger partial charge in [-0.25, -0.2) is 0 Å². The lowest BCUT2D eigenvalue weighted by Crippen LogP contribution is -2.47. The first-order chi connectivity index (χ1) is 14.0. The van der Waals surface area contributed by atoms with Crippen LogP contribution in [0.3, 0.4) is 0 Å². The van der Waals surface area contributed by atoms with E-state index in [1.165, 1.54) is 0 Å². The summed E-state index contributed by atoms with van der Waals surface area (Å²) in [5.74, 6) is 0.764. The standard InChI is InChI=1S/C23H27N3O2S/c1-4-26(5-2)22(27)20-16(3)24-23(29)25-21(20)18-12-9-13-19(14-18)28-15-17-10-7-6-8-11-17/h6-14,21H,4-5,15H2,1-3H3,(H2,24,25,29). The van der Waals surface area contributed by atoms with Gasteiger partial charge in [0.2, 0.25) is 0 Å². The average Bonchev–Trinajstić information content (AvgIpc) is 2.73. The molecule has 152 valence electrons. The van der Waals surface area contributed by atoms with Crippen LogP contribution in [0.2, 0.25) is 0 Å². The number of carbonyl (C=O) groups excluding carboxylic acids is 1. The van der Waals surface area contributed by atoms with Gasteiger partial charge in [0, 0.05) is 18.8 Å². The maximum atomic E-state index is 13.2. The van der Waals surface area contributed by atoms with Gasteiger partial charge in [-0.1, -0.05) is 42.5 Å². The molecule has 3 rings (SSSR count). The maximum absolute atomic E-state index is 13.2. The minimum Gasteiger partial charge on any atom is -0.489 e. The van der Waals surface area contributed by atoms with Gasteiger partial charge in [0.05, 0.1) is 11.6 Å². The van der Waals surface area contributed by atoms with Gasteiger partial charge < -0.3 is 20.3 Å². The Morgan fingerprint density at radius 1 is 1.10 bits per heavy atom. The van der Waals surface area contributed by atoms with Crippen LogP contribution in [-0.2, 0) is 11.4 Å². The van der Waals surface area contributed by atoms with E-state index < -0.39 is 0 Å². The van der Waals surface area contributed by atoms with Crippen molar-refractivity contribution in [3.8, 4) is 5.75 Å². The van der Waals surface area contributed by atoms with Crippen LogP contribution in [0.5, 0.6) is 5.75 Å². The summed E-state index contributed by atoms with van der Waals surface area (Å²) in [4.78, 5) is 15.0. The molecule has 0 fully saturated rings. The van der Waals surface area contributed by atoms with E-state index >= 15 is 0 Å². The smallest absolute Gasteiger partial charge is 0.253 e. The van der Waals surface area contributed by atoms with Gasteiger partial charge in [0.15, 0.2) is 5.11 Å². The van der Waals surface area contributed by atoms with E-state index in [1.807, 2.05) is 80.3 Å². The summed E-state index contributed by atoms with van der Waals surface area (Å²) >= 11 is 5.36. The van der Waals surface area contributed by atoms with Crippen LogP contribution in [0.4, 0.5) is 0 Å². The monoisotopic (exact) mass is 409 g/mol. The molecule has 2 aromatic carbocycles. The van der Waals surface area contributed by atoms with Crippen molar-refractivity contribution in [2.24, 2.45) is 0 Å². The van der Waals surface area contributed by atoms with E-state index in [-0.39, 0.29) is 11.9 Å². The van der Waals surface area contributed by atoms with Crippen molar-refractivity contribution in [2.45, 2.75) is 33.4 Å². The molecule has 29 heavy (non-hydrogen) atoms. The van der Waals surface area contributed by atoms with Crippen LogP contribution in [0.15, 0.2) is 65.9 Å². The summed E-state index contributed by atoms with van der Waals surface area (Å²) < 4.78 is 5.98. The summed E-state index contributed by atoms with van der Waals surface area (Å²) in [5.41, 5.74) is 3.51. The fourth-order valence-electron chi connectivity index (χ4n) is 3.43. The van der Waals surface area contributed by atoms with Crippen molar-refractivity contribution in [3.63, 3.8) is 0 Å². The number of ether oxygens (including phenoxy) is 1. The van der Waals surface area contributed by atoms with Crippen LogP contribution in [0.25, 0.3) is 0 Å². The van der Waals surface area contributed by atoms with Crippen LogP contribution in [0.1, 0.15) is 37.9 Å². The van der Waals surface area contributed by atoms with Gasteiger partial charge in [0.1, 0.15) is 12.4 Å². The summed E-state index contributed by atoms with van der Waals surface area (Å²) in [5, 5.41) is 6.87. The zero-order valence-electron chi connectivity index (χ0n) is 17.1. The second-order valence-corrected chi connectivity index (χ2v) is 7.30. The lowest BCUT2D eigenvalue weighted by atomic mass is 9.94. The Labute approximate surface area is 177 Å². The number of nitrogens with one attached hydrogen (secondary N) is 2. The molecule has 1 amide bonds. The van der Waals surface area contributed by atoms with Crippen molar-refractivity contribution in [2.75, 3.05) is 13.1 Å². The normalized spacial score (nSPS) is 16.1. The predicted octanol–water partition coefficient (Wildman–Crippen LogP) is 3.93. The molecule has 0 aromatic heterocycles. The Bertz CT molecular complexity index is 907. The highest BCUT2D eigenvalue weighted by Gasteiger charge is 2.31. The lowest BCUT2D eigenvalue weighted by molar-refractivity contribution is -0.127. The highest BCUT2D eigenvalue weighted by Crippen LogP contribution is 2.30. The molecule has 0 radical (unpaired) electrons. The van der Waals surface area contributed by atoms with Gasteiger partial charge in [-0.2, -0.15) is 0 Å². The minimum absolute atomic E-state index is 0.00982. The largest absolute Gasteiger partial charge is 0.489 e. The lowest BCUT2D eigenvalue weighted by Gasteiger charge is -2.33. The molecule has 1 aliphatic heterocycles. The molecule has 2 aromatic rings. The molecule has 0 spiro atoms. The number of thiocarbonyl (C=S) groups is 1. The quantitative estimate of drug-likeness (QED) is 0.679. The number of rotatable bonds is 7. The van der Waals surface area contributed by atoms with E-state index in [0.29, 0.717) is 30.4 Å². The number of hydrogen-bond acceptors (Lipinski definition) is 3. The minimum atomic E-state index is -0.322. The summed E-state index contributed by atoms with van der Waals surface area (Å²) in [6, 6.07) is 17.5. The number of amides is 1. The fraction of sp³-hybridized carbons (Fsp3) is 0.304. The highest BCUT2D eigenvalue weighted by atomic mass is 32.1. The fourth-order valence-corrected chi connectivity index (χ4v) is 3.70. The Balaban J connectivity index is 1.87. The predicted molar refractivity (Wildman–Crippen MR) is 119 cm³/mol. The number of likely N-dealkylation sites (N-methyl/N-ethyl adjacent to an activating group) is 1. The Kier molecular flexibility index (Phi) is 6.88. The zero-order chi connectivity index (χ0) is 20.8. The first-order valence-corrected chi connectivity index (χ1v) is 10.3. The van der Waals surface area contributed by atoms with Crippen molar-refractivity contribution >= 4 is 23.2 Å². The van der Waals surface area contributed by atoms with Gasteiger partial charge in [0.25, 0.3) is 5.91 Å². The maximum Gasteiger partial charge on any atom is 0.253 e. The molecule has 0 bridgehead atoms. The van der Waals surface area contributed by atoms with Crippen LogP contribution >= 0.6 is 12.2 Å². The average molecular weight is 410 g/mol. The molecular weight excluding hydrogens is 382 g/mol. The molecule has 0 saturated carbocycles. The Hall–Kier alpha value is -2.86. The van der Waals surface area contributed by atoms with Crippen molar-refractivity contribution in [3.05, 3.63) is 77.0 Å². The third kappa shape index (κ3) is 4.95. The highest BCUT2D eigenvalue weighted by molar-refractivity contribution is 7.80.